The Bertz CT molecular complexity index is 2630. The van der Waals surface area contributed by atoms with Crippen LogP contribution in [0.3, 0.4) is 0 Å². The van der Waals surface area contributed by atoms with Gasteiger partial charge < -0.3 is 8.83 Å². The molecule has 194 valence electrons. The summed E-state index contributed by atoms with van der Waals surface area (Å²) in [6.07, 6.45) is 0. The van der Waals surface area contributed by atoms with Crippen LogP contribution in [-0.2, 0) is 0 Å². The molecule has 42 heavy (non-hydrogen) atoms. The minimum atomic E-state index is 0.913. The molecule has 0 saturated carbocycles. The third-order valence-corrected chi connectivity index (χ3v) is 9.02. The van der Waals surface area contributed by atoms with E-state index >= 15 is 0 Å². The maximum absolute atomic E-state index is 6.56. The molecule has 0 bridgehead atoms. The summed E-state index contributed by atoms with van der Waals surface area (Å²) in [5.74, 6) is 0. The Kier molecular flexibility index (Phi) is 4.21. The van der Waals surface area contributed by atoms with Gasteiger partial charge >= 0.3 is 0 Å². The van der Waals surface area contributed by atoms with E-state index in [4.69, 9.17) is 8.83 Å². The molecule has 0 N–H and O–H groups in total. The molecule has 0 atom stereocenters. The summed E-state index contributed by atoms with van der Waals surface area (Å²) in [7, 11) is 0. The normalized spacial score (nSPS) is 12.3. The number of benzene rings is 8. The molecule has 2 nitrogen and oxygen atoms in total. The summed E-state index contributed by atoms with van der Waals surface area (Å²) in [6, 6.07) is 47.7. The minimum absolute atomic E-state index is 0.913. The van der Waals surface area contributed by atoms with Crippen molar-refractivity contribution in [3.8, 4) is 22.3 Å². The van der Waals surface area contributed by atoms with E-state index in [0.717, 1.165) is 38.7 Å². The van der Waals surface area contributed by atoms with Gasteiger partial charge in [0.15, 0.2) is 0 Å². The number of hydrogen-bond donors (Lipinski definition) is 0. The predicted octanol–water partition coefficient (Wildman–Crippen LogP) is 11.7. The first-order valence-electron chi connectivity index (χ1n) is 14.4. The predicted molar refractivity (Wildman–Crippen MR) is 176 cm³/mol. The fraction of sp³-hybridized carbons (Fsp3) is 0. The lowest BCUT2D eigenvalue weighted by atomic mass is 9.83. The maximum Gasteiger partial charge on any atom is 0.143 e. The highest BCUT2D eigenvalue weighted by molar-refractivity contribution is 6.30. The van der Waals surface area contributed by atoms with Crippen LogP contribution in [0.2, 0.25) is 0 Å². The van der Waals surface area contributed by atoms with Crippen LogP contribution in [0.5, 0.6) is 0 Å². The topological polar surface area (TPSA) is 26.3 Å². The van der Waals surface area contributed by atoms with Crippen LogP contribution in [-0.4, -0.2) is 0 Å². The Balaban J connectivity index is 1.40. The van der Waals surface area contributed by atoms with Gasteiger partial charge in [0.25, 0.3) is 0 Å². The van der Waals surface area contributed by atoms with E-state index in [1.165, 1.54) is 59.8 Å². The van der Waals surface area contributed by atoms with E-state index in [0.29, 0.717) is 0 Å². The Hall–Kier alpha value is -5.60. The second-order valence-electron chi connectivity index (χ2n) is 11.2. The number of rotatable bonds is 2. The van der Waals surface area contributed by atoms with Crippen molar-refractivity contribution in [2.45, 2.75) is 0 Å². The van der Waals surface area contributed by atoms with Crippen LogP contribution in [0.1, 0.15) is 0 Å². The van der Waals surface area contributed by atoms with Gasteiger partial charge in [0.2, 0.25) is 0 Å². The third-order valence-electron chi connectivity index (χ3n) is 9.02. The summed E-state index contributed by atoms with van der Waals surface area (Å²) < 4.78 is 12.9. The van der Waals surface area contributed by atoms with Gasteiger partial charge in [-0.05, 0) is 67.7 Å². The van der Waals surface area contributed by atoms with Crippen LogP contribution in [0.4, 0.5) is 0 Å². The minimum Gasteiger partial charge on any atom is -0.456 e. The molecule has 0 spiro atoms. The average molecular weight is 535 g/mol. The van der Waals surface area contributed by atoms with Gasteiger partial charge in [-0.1, -0.05) is 109 Å². The molecule has 0 unspecified atom stereocenters. The van der Waals surface area contributed by atoms with Crippen LogP contribution in [0.15, 0.2) is 142 Å². The third kappa shape index (κ3) is 2.78. The van der Waals surface area contributed by atoms with Crippen molar-refractivity contribution in [1.29, 1.82) is 0 Å². The highest BCUT2D eigenvalue weighted by Crippen LogP contribution is 2.49. The van der Waals surface area contributed by atoms with Crippen molar-refractivity contribution in [2.75, 3.05) is 0 Å². The molecule has 10 rings (SSSR count). The van der Waals surface area contributed by atoms with Crippen molar-refractivity contribution >= 4 is 76.2 Å². The summed E-state index contributed by atoms with van der Waals surface area (Å²) in [6.45, 7) is 0. The molecule has 0 saturated heterocycles. The molecule has 0 radical (unpaired) electrons. The molecule has 0 aliphatic heterocycles. The lowest BCUT2D eigenvalue weighted by molar-refractivity contribution is 0.669. The van der Waals surface area contributed by atoms with Crippen molar-refractivity contribution in [3.05, 3.63) is 133 Å². The molecule has 2 heterocycles. The molecule has 8 aromatic carbocycles. The largest absolute Gasteiger partial charge is 0.456 e. The summed E-state index contributed by atoms with van der Waals surface area (Å²) in [5, 5.41) is 12.0. The van der Waals surface area contributed by atoms with Gasteiger partial charge in [0.05, 0.1) is 0 Å². The van der Waals surface area contributed by atoms with Gasteiger partial charge in [-0.15, -0.1) is 0 Å². The SMILES string of the molecule is c1ccc2c(c1)oc1c(-c3c4ccccc4c(-c4cc5cccc6oc7cccc4c7c56)c4ccccc34)cccc12. The van der Waals surface area contributed by atoms with E-state index in [2.05, 4.69) is 127 Å². The molecule has 0 aliphatic carbocycles. The number of para-hydroxylation sites is 2. The summed E-state index contributed by atoms with van der Waals surface area (Å²) >= 11 is 0. The molecule has 0 aliphatic rings. The summed E-state index contributed by atoms with van der Waals surface area (Å²) in [5.41, 5.74) is 8.51. The van der Waals surface area contributed by atoms with Gasteiger partial charge in [0, 0.05) is 32.7 Å². The standard InChI is InChI=1S/C40H22O2/c1-3-14-27-25(12-1)37(31-18-8-17-30-24-11-5-6-19-33(24)42-40(30)31)26-13-2-4-15-28(26)38(27)32-22-23-10-7-20-34-36(23)39-29(32)16-9-21-35(39)41-34/h1-22H. The molecule has 10 aromatic rings. The molecule has 0 amide bonds. The number of fused-ring (bicyclic) bond motifs is 5. The Morgan fingerprint density at radius 2 is 0.857 bits per heavy atom. The zero-order valence-corrected chi connectivity index (χ0v) is 22.5. The zero-order valence-electron chi connectivity index (χ0n) is 22.5. The number of furan rings is 2. The van der Waals surface area contributed by atoms with E-state index in [-0.39, 0.29) is 0 Å². The van der Waals surface area contributed by atoms with Crippen LogP contribution < -0.4 is 0 Å². The van der Waals surface area contributed by atoms with Gasteiger partial charge in [-0.2, -0.15) is 0 Å². The first-order chi connectivity index (χ1) is 20.8. The van der Waals surface area contributed by atoms with E-state index < -0.39 is 0 Å². The first-order valence-corrected chi connectivity index (χ1v) is 14.4. The molecule has 2 heteroatoms. The molecule has 2 aromatic heterocycles. The fourth-order valence-corrected chi connectivity index (χ4v) is 7.33. The highest BCUT2D eigenvalue weighted by Gasteiger charge is 2.23. The van der Waals surface area contributed by atoms with Gasteiger partial charge in [-0.3, -0.25) is 0 Å². The lowest BCUT2D eigenvalue weighted by Gasteiger charge is -2.19. The van der Waals surface area contributed by atoms with Crippen molar-refractivity contribution in [3.63, 3.8) is 0 Å². The molecule has 0 fully saturated rings. The Morgan fingerprint density at radius 3 is 1.60 bits per heavy atom. The maximum atomic E-state index is 6.56. The second kappa shape index (κ2) is 7.99. The highest BCUT2D eigenvalue weighted by atomic mass is 16.3. The van der Waals surface area contributed by atoms with Gasteiger partial charge in [0.1, 0.15) is 22.3 Å². The van der Waals surface area contributed by atoms with E-state index in [1.807, 2.05) is 6.07 Å². The summed E-state index contributed by atoms with van der Waals surface area (Å²) in [4.78, 5) is 0. The van der Waals surface area contributed by atoms with Crippen molar-refractivity contribution in [1.82, 2.24) is 0 Å². The Morgan fingerprint density at radius 1 is 0.333 bits per heavy atom. The number of hydrogen-bond acceptors (Lipinski definition) is 2. The second-order valence-corrected chi connectivity index (χ2v) is 11.2. The Labute approximate surface area is 240 Å². The van der Waals surface area contributed by atoms with Crippen LogP contribution in [0, 0.1) is 0 Å². The smallest absolute Gasteiger partial charge is 0.143 e. The van der Waals surface area contributed by atoms with Crippen LogP contribution in [0.25, 0.3) is 98.4 Å². The fourth-order valence-electron chi connectivity index (χ4n) is 7.33. The lowest BCUT2D eigenvalue weighted by Crippen LogP contribution is -1.92. The molecular formula is C40H22O2. The quantitative estimate of drug-likeness (QED) is 0.163. The first kappa shape index (κ1) is 22.1. The van der Waals surface area contributed by atoms with Crippen LogP contribution >= 0.6 is 0 Å². The average Bonchev–Trinajstić information content (AvgIpc) is 3.62. The van der Waals surface area contributed by atoms with Gasteiger partial charge in [-0.25, -0.2) is 0 Å². The zero-order chi connectivity index (χ0) is 27.4. The van der Waals surface area contributed by atoms with E-state index in [9.17, 15) is 0 Å². The van der Waals surface area contributed by atoms with Crippen molar-refractivity contribution in [2.24, 2.45) is 0 Å². The van der Waals surface area contributed by atoms with Crippen molar-refractivity contribution < 1.29 is 8.83 Å². The monoisotopic (exact) mass is 534 g/mol. The molecular weight excluding hydrogens is 512 g/mol. The van der Waals surface area contributed by atoms with E-state index in [1.54, 1.807) is 0 Å².